The topological polar surface area (TPSA) is 127 Å². The Balaban J connectivity index is 0.000000286. The largest absolute Gasteiger partial charge is 0.486 e. The summed E-state index contributed by atoms with van der Waals surface area (Å²) in [5, 5.41) is 11.7. The van der Waals surface area contributed by atoms with Gasteiger partial charge >= 0.3 is 11.9 Å². The summed E-state index contributed by atoms with van der Waals surface area (Å²) in [5.74, 6) is -2.81. The van der Waals surface area contributed by atoms with E-state index in [1.165, 1.54) is 48.4 Å². The smallest absolute Gasteiger partial charge is 0.330 e. The van der Waals surface area contributed by atoms with Gasteiger partial charge in [0.05, 0.1) is 5.41 Å². The lowest BCUT2D eigenvalue weighted by atomic mass is 9.87. The van der Waals surface area contributed by atoms with Gasteiger partial charge in [-0.05, 0) is 98.7 Å². The fraction of sp³-hybridized carbons (Fsp3) is 0.465. The van der Waals surface area contributed by atoms with Crippen LogP contribution in [-0.4, -0.2) is 65.2 Å². The van der Waals surface area contributed by atoms with Crippen LogP contribution in [0.25, 0.3) is 10.8 Å². The number of carboxylic acid groups (broad SMARTS) is 1. The number of allylic oxidation sites excluding steroid dienone is 1. The first-order chi connectivity index (χ1) is 25.1. The van der Waals surface area contributed by atoms with Gasteiger partial charge in [0, 0.05) is 24.6 Å². The van der Waals surface area contributed by atoms with E-state index in [0.717, 1.165) is 36.1 Å². The molecule has 53 heavy (non-hydrogen) atoms. The van der Waals surface area contributed by atoms with Crippen LogP contribution >= 0.6 is 0 Å². The molecule has 0 spiro atoms. The molecule has 1 heterocycles. The van der Waals surface area contributed by atoms with E-state index in [0.29, 0.717) is 30.9 Å². The lowest BCUT2D eigenvalue weighted by molar-refractivity contribution is -0.159. The highest BCUT2D eigenvalue weighted by Crippen LogP contribution is 2.24. The zero-order valence-corrected chi connectivity index (χ0v) is 31.9. The molecule has 1 amide bonds. The van der Waals surface area contributed by atoms with Crippen molar-refractivity contribution in [2.45, 2.75) is 92.5 Å². The average molecular weight is 732 g/mol. The SMILES string of the molecule is CC(C)C(=O)COc1cc(F)cc(CCCc2ccc3ccccc3c2)c1.CC(C)C/C=C\C(=O)OCC(C)(C)C(=O)C(=O)N1CCCC[C@H]1C(=O)O. The van der Waals surface area contributed by atoms with Crippen LogP contribution in [0.3, 0.4) is 0 Å². The minimum absolute atomic E-state index is 0.0112. The zero-order valence-electron chi connectivity index (χ0n) is 31.9. The Morgan fingerprint density at radius 2 is 1.62 bits per heavy atom. The second-order valence-electron chi connectivity index (χ2n) is 14.9. The molecule has 0 aromatic heterocycles. The highest BCUT2D eigenvalue weighted by atomic mass is 19.1. The molecule has 10 heteroatoms. The number of piperidine rings is 1. The highest BCUT2D eigenvalue weighted by Gasteiger charge is 2.41. The van der Waals surface area contributed by atoms with E-state index in [9.17, 15) is 33.5 Å². The summed E-state index contributed by atoms with van der Waals surface area (Å²) in [6.07, 6.45) is 8.09. The van der Waals surface area contributed by atoms with E-state index in [2.05, 4.69) is 30.3 Å². The van der Waals surface area contributed by atoms with Gasteiger partial charge in [-0.2, -0.15) is 0 Å². The molecule has 4 rings (SSSR count). The van der Waals surface area contributed by atoms with Crippen LogP contribution in [-0.2, 0) is 41.6 Å². The van der Waals surface area contributed by atoms with E-state index in [1.54, 1.807) is 6.08 Å². The van der Waals surface area contributed by atoms with Crippen LogP contribution in [0.1, 0.15) is 84.8 Å². The monoisotopic (exact) mass is 731 g/mol. The number of benzene rings is 3. The summed E-state index contributed by atoms with van der Waals surface area (Å²) in [6, 6.07) is 18.6. The Bertz CT molecular complexity index is 1760. The molecule has 286 valence electrons. The molecule has 1 N–H and O–H groups in total. The van der Waals surface area contributed by atoms with Gasteiger partial charge in [0.2, 0.25) is 5.78 Å². The summed E-state index contributed by atoms with van der Waals surface area (Å²) in [4.78, 5) is 60.9. The van der Waals surface area contributed by atoms with Crippen molar-refractivity contribution in [1.82, 2.24) is 4.90 Å². The number of carboxylic acids is 1. The minimum Gasteiger partial charge on any atom is -0.486 e. The quantitative estimate of drug-likeness (QED) is 0.0894. The van der Waals surface area contributed by atoms with Crippen molar-refractivity contribution in [3.05, 3.63) is 89.8 Å². The van der Waals surface area contributed by atoms with Crippen molar-refractivity contribution in [2.75, 3.05) is 19.8 Å². The fourth-order valence-corrected chi connectivity index (χ4v) is 5.71. The number of carbonyl (C=O) groups is 5. The number of hydrogen-bond acceptors (Lipinski definition) is 7. The van der Waals surface area contributed by atoms with Gasteiger partial charge in [-0.3, -0.25) is 14.4 Å². The Hall–Kier alpha value is -4.86. The maximum atomic E-state index is 13.9. The maximum absolute atomic E-state index is 13.9. The number of aliphatic carboxylic acids is 1. The van der Waals surface area contributed by atoms with Gasteiger partial charge in [0.1, 0.15) is 30.8 Å². The van der Waals surface area contributed by atoms with Crippen molar-refractivity contribution in [2.24, 2.45) is 17.3 Å². The molecule has 1 aliphatic rings. The average Bonchev–Trinajstić information content (AvgIpc) is 3.12. The van der Waals surface area contributed by atoms with Gasteiger partial charge in [-0.1, -0.05) is 76.2 Å². The van der Waals surface area contributed by atoms with Crippen molar-refractivity contribution >= 4 is 40.2 Å². The van der Waals surface area contributed by atoms with Crippen LogP contribution in [0, 0.1) is 23.1 Å². The number of nitrogens with zero attached hydrogens (tertiary/aromatic N) is 1. The number of halogens is 1. The zero-order chi connectivity index (χ0) is 39.1. The Kier molecular flexibility index (Phi) is 16.4. The number of Topliss-reactive ketones (excluding diaryl/α,β-unsaturated/α-hetero) is 2. The standard InChI is InChI=1S/C24H25FO2.C19H29NO6/c1-17(2)24(26)16-27-23-14-19(13-22(25)15-23)7-5-6-18-10-11-20-8-3-4-9-21(20)12-18;1-13(2)8-7-10-15(21)26-12-19(3,4)16(22)17(23)20-11-6-5-9-14(20)18(24)25/h3-4,8-15,17H,5-7,16H2,1-2H3;7,10,13-14H,5-6,8-9,11-12H2,1-4H3,(H,24,25)/b;10-7-/t;14-/m.0/s1. The lowest BCUT2D eigenvalue weighted by Crippen LogP contribution is -2.53. The first-order valence-corrected chi connectivity index (χ1v) is 18.4. The molecular weight excluding hydrogens is 677 g/mol. The van der Waals surface area contributed by atoms with Gasteiger partial charge < -0.3 is 19.5 Å². The number of amides is 1. The highest BCUT2D eigenvalue weighted by molar-refractivity contribution is 6.38. The molecule has 3 aromatic carbocycles. The summed E-state index contributed by atoms with van der Waals surface area (Å²) in [6.45, 7) is 10.7. The fourth-order valence-electron chi connectivity index (χ4n) is 5.71. The summed E-state index contributed by atoms with van der Waals surface area (Å²) < 4.78 is 24.4. The number of hydrogen-bond donors (Lipinski definition) is 1. The van der Waals surface area contributed by atoms with Crippen LogP contribution in [0.2, 0.25) is 0 Å². The van der Waals surface area contributed by atoms with Gasteiger partial charge in [-0.15, -0.1) is 0 Å². The molecule has 1 saturated heterocycles. The molecule has 0 radical (unpaired) electrons. The molecule has 1 fully saturated rings. The van der Waals surface area contributed by atoms with Gasteiger partial charge in [-0.25, -0.2) is 14.0 Å². The number of carbonyl (C=O) groups excluding carboxylic acids is 4. The van der Waals surface area contributed by atoms with E-state index < -0.39 is 35.1 Å². The number of rotatable bonds is 16. The molecule has 9 nitrogen and oxygen atoms in total. The summed E-state index contributed by atoms with van der Waals surface area (Å²) >= 11 is 0. The Morgan fingerprint density at radius 3 is 2.30 bits per heavy atom. The van der Waals surface area contributed by atoms with E-state index >= 15 is 0 Å². The third-order valence-electron chi connectivity index (χ3n) is 9.00. The molecule has 0 unspecified atom stereocenters. The van der Waals surface area contributed by atoms with Gasteiger partial charge in [0.15, 0.2) is 5.78 Å². The third kappa shape index (κ3) is 13.9. The molecule has 1 aliphatic heterocycles. The van der Waals surface area contributed by atoms with Crippen LogP contribution in [0.15, 0.2) is 72.8 Å². The van der Waals surface area contributed by atoms with Crippen molar-refractivity contribution in [3.63, 3.8) is 0 Å². The summed E-state index contributed by atoms with van der Waals surface area (Å²) in [7, 11) is 0. The predicted molar refractivity (Wildman–Crippen MR) is 203 cm³/mol. The molecule has 0 saturated carbocycles. The molecule has 3 aromatic rings. The van der Waals surface area contributed by atoms with Crippen molar-refractivity contribution in [1.29, 1.82) is 0 Å². The number of ketones is 2. The van der Waals surface area contributed by atoms with E-state index in [4.69, 9.17) is 9.47 Å². The lowest BCUT2D eigenvalue weighted by Gasteiger charge is -2.34. The molecule has 1 atom stereocenters. The first kappa shape index (κ1) is 42.6. The van der Waals surface area contributed by atoms with E-state index in [-0.39, 0.29) is 37.3 Å². The number of fused-ring (bicyclic) bond motifs is 1. The number of likely N-dealkylation sites (tertiary alicyclic amines) is 1. The van der Waals surface area contributed by atoms with E-state index in [1.807, 2.05) is 45.9 Å². The Labute approximate surface area is 312 Å². The number of aryl methyl sites for hydroxylation is 2. The molecule has 0 aliphatic carbocycles. The number of ether oxygens (including phenoxy) is 2. The minimum atomic E-state index is -1.22. The van der Waals surface area contributed by atoms with Crippen LogP contribution < -0.4 is 4.74 Å². The maximum Gasteiger partial charge on any atom is 0.330 e. The Morgan fingerprint density at radius 1 is 0.925 bits per heavy atom. The molecular formula is C43H54FNO8. The van der Waals surface area contributed by atoms with Gasteiger partial charge in [0.25, 0.3) is 5.91 Å². The molecule has 0 bridgehead atoms. The van der Waals surface area contributed by atoms with Crippen molar-refractivity contribution < 1.29 is 42.9 Å². The summed E-state index contributed by atoms with van der Waals surface area (Å²) in [5.41, 5.74) is 0.950. The second-order valence-corrected chi connectivity index (χ2v) is 14.9. The van der Waals surface area contributed by atoms with Crippen LogP contribution in [0.4, 0.5) is 4.39 Å². The van der Waals surface area contributed by atoms with Crippen molar-refractivity contribution in [3.8, 4) is 5.75 Å². The normalized spacial score (nSPS) is 14.6. The number of esters is 1. The predicted octanol–water partition coefficient (Wildman–Crippen LogP) is 7.95. The van der Waals surface area contributed by atoms with Crippen LogP contribution in [0.5, 0.6) is 5.75 Å². The second kappa shape index (κ2) is 20.4. The first-order valence-electron chi connectivity index (χ1n) is 18.4. The third-order valence-corrected chi connectivity index (χ3v) is 9.00.